The maximum absolute atomic E-state index is 6.14. The van der Waals surface area contributed by atoms with Crippen LogP contribution in [0.25, 0.3) is 0 Å². The zero-order valence-electron chi connectivity index (χ0n) is 12.2. The van der Waals surface area contributed by atoms with Crippen LogP contribution in [0.2, 0.25) is 5.02 Å². The Hall–Kier alpha value is -1.03. The quantitative estimate of drug-likeness (QED) is 0.831. The second-order valence-electron chi connectivity index (χ2n) is 4.86. The van der Waals surface area contributed by atoms with Crippen LogP contribution in [0, 0.1) is 0 Å². The van der Waals surface area contributed by atoms with Crippen LogP contribution in [0.3, 0.4) is 0 Å². The first-order chi connectivity index (χ1) is 9.63. The number of nitrogens with one attached hydrogen (secondary N) is 1. The molecule has 1 aromatic heterocycles. The predicted octanol–water partition coefficient (Wildman–Crippen LogP) is 4.71. The summed E-state index contributed by atoms with van der Waals surface area (Å²) in [5.74, 6) is 0. The van der Waals surface area contributed by atoms with Gasteiger partial charge in [0.2, 0.25) is 0 Å². The van der Waals surface area contributed by atoms with Crippen LogP contribution in [0.1, 0.15) is 30.3 Å². The summed E-state index contributed by atoms with van der Waals surface area (Å²) in [6.07, 6.45) is 0. The molecule has 2 rings (SSSR count). The highest BCUT2D eigenvalue weighted by Gasteiger charge is 2.16. The number of rotatable bonds is 6. The third-order valence-corrected chi connectivity index (χ3v) is 4.80. The molecule has 20 heavy (non-hydrogen) atoms. The topological polar surface area (TPSA) is 15.3 Å². The van der Waals surface area contributed by atoms with Crippen molar-refractivity contribution in [2.45, 2.75) is 26.4 Å². The Kier molecular flexibility index (Phi) is 5.46. The molecule has 1 N–H and O–H groups in total. The van der Waals surface area contributed by atoms with E-state index in [1.165, 1.54) is 16.1 Å². The van der Waals surface area contributed by atoms with E-state index in [0.29, 0.717) is 6.04 Å². The van der Waals surface area contributed by atoms with Crippen molar-refractivity contribution in [2.24, 2.45) is 0 Å². The Balaban J connectivity index is 2.26. The number of halogens is 1. The zero-order chi connectivity index (χ0) is 14.5. The minimum atomic E-state index is 0.358. The van der Waals surface area contributed by atoms with Crippen molar-refractivity contribution in [2.75, 3.05) is 18.5 Å². The van der Waals surface area contributed by atoms with Gasteiger partial charge >= 0.3 is 0 Å². The molecule has 0 aliphatic rings. The molecular formula is C16H21ClN2S. The first-order valence-electron chi connectivity index (χ1n) is 6.88. The molecule has 0 saturated heterocycles. The third-order valence-electron chi connectivity index (χ3n) is 3.52. The molecule has 108 valence electrons. The summed E-state index contributed by atoms with van der Waals surface area (Å²) in [6, 6.07) is 10.8. The summed E-state index contributed by atoms with van der Waals surface area (Å²) in [5, 5.41) is 6.29. The van der Waals surface area contributed by atoms with E-state index < -0.39 is 0 Å². The van der Waals surface area contributed by atoms with Crippen LogP contribution >= 0.6 is 22.9 Å². The van der Waals surface area contributed by atoms with Gasteiger partial charge < -0.3 is 10.2 Å². The van der Waals surface area contributed by atoms with Gasteiger partial charge in [-0.05, 0) is 48.7 Å². The predicted molar refractivity (Wildman–Crippen MR) is 90.0 cm³/mol. The fraction of sp³-hybridized carbons (Fsp3) is 0.375. The van der Waals surface area contributed by atoms with Crippen molar-refractivity contribution in [3.05, 3.63) is 51.2 Å². The SMILES string of the molecule is CCNCc1cc(Cl)ccc1N(C)C(C)c1cccs1. The van der Waals surface area contributed by atoms with Gasteiger partial charge in [0.25, 0.3) is 0 Å². The van der Waals surface area contributed by atoms with Crippen LogP contribution in [0.4, 0.5) is 5.69 Å². The molecule has 1 unspecified atom stereocenters. The fourth-order valence-electron chi connectivity index (χ4n) is 2.23. The van der Waals surface area contributed by atoms with Gasteiger partial charge in [-0.1, -0.05) is 24.6 Å². The average molecular weight is 309 g/mol. The Labute approximate surface area is 130 Å². The van der Waals surface area contributed by atoms with Crippen LogP contribution < -0.4 is 10.2 Å². The summed E-state index contributed by atoms with van der Waals surface area (Å²) in [4.78, 5) is 3.69. The Morgan fingerprint density at radius 3 is 2.80 bits per heavy atom. The number of anilines is 1. The van der Waals surface area contributed by atoms with Gasteiger partial charge in [-0.25, -0.2) is 0 Å². The minimum absolute atomic E-state index is 0.358. The highest BCUT2D eigenvalue weighted by Crippen LogP contribution is 2.31. The largest absolute Gasteiger partial charge is 0.367 e. The van der Waals surface area contributed by atoms with Crippen molar-refractivity contribution in [3.8, 4) is 0 Å². The molecule has 0 amide bonds. The number of benzene rings is 1. The van der Waals surface area contributed by atoms with Crippen molar-refractivity contribution in [1.29, 1.82) is 0 Å². The molecular weight excluding hydrogens is 288 g/mol. The molecule has 1 atom stereocenters. The van der Waals surface area contributed by atoms with Crippen LogP contribution in [-0.2, 0) is 6.54 Å². The number of hydrogen-bond donors (Lipinski definition) is 1. The Morgan fingerprint density at radius 2 is 2.15 bits per heavy atom. The zero-order valence-corrected chi connectivity index (χ0v) is 13.8. The van der Waals surface area contributed by atoms with Gasteiger partial charge in [0, 0.05) is 29.2 Å². The minimum Gasteiger partial charge on any atom is -0.367 e. The normalized spacial score (nSPS) is 12.4. The molecule has 0 fully saturated rings. The van der Waals surface area contributed by atoms with Crippen LogP contribution in [0.15, 0.2) is 35.7 Å². The first kappa shape index (κ1) is 15.4. The fourth-order valence-corrected chi connectivity index (χ4v) is 3.25. The van der Waals surface area contributed by atoms with E-state index in [1.807, 2.05) is 6.07 Å². The molecule has 0 aliphatic heterocycles. The van der Waals surface area contributed by atoms with E-state index in [2.05, 4.69) is 60.8 Å². The van der Waals surface area contributed by atoms with E-state index in [-0.39, 0.29) is 0 Å². The molecule has 0 aliphatic carbocycles. The van der Waals surface area contributed by atoms with Gasteiger partial charge in [0.15, 0.2) is 0 Å². The molecule has 0 saturated carbocycles. The second-order valence-corrected chi connectivity index (χ2v) is 6.27. The molecule has 2 nitrogen and oxygen atoms in total. The lowest BCUT2D eigenvalue weighted by Crippen LogP contribution is -2.23. The molecule has 1 heterocycles. The molecule has 2 aromatic rings. The highest BCUT2D eigenvalue weighted by atomic mass is 35.5. The van der Waals surface area contributed by atoms with E-state index in [0.717, 1.165) is 18.1 Å². The maximum Gasteiger partial charge on any atom is 0.0603 e. The van der Waals surface area contributed by atoms with Crippen molar-refractivity contribution >= 4 is 28.6 Å². The number of hydrogen-bond acceptors (Lipinski definition) is 3. The van der Waals surface area contributed by atoms with Gasteiger partial charge in [-0.3, -0.25) is 0 Å². The molecule has 0 spiro atoms. The monoisotopic (exact) mass is 308 g/mol. The van der Waals surface area contributed by atoms with Crippen LogP contribution in [-0.4, -0.2) is 13.6 Å². The molecule has 0 bridgehead atoms. The molecule has 0 radical (unpaired) electrons. The van der Waals surface area contributed by atoms with Crippen LogP contribution in [0.5, 0.6) is 0 Å². The maximum atomic E-state index is 6.14. The smallest absolute Gasteiger partial charge is 0.0603 e. The summed E-state index contributed by atoms with van der Waals surface area (Å²) < 4.78 is 0. The molecule has 4 heteroatoms. The van der Waals surface area contributed by atoms with Gasteiger partial charge in [-0.2, -0.15) is 0 Å². The van der Waals surface area contributed by atoms with Crippen molar-refractivity contribution < 1.29 is 0 Å². The Bertz CT molecular complexity index is 539. The summed E-state index contributed by atoms with van der Waals surface area (Å²) in [5.41, 5.74) is 2.47. The Morgan fingerprint density at radius 1 is 1.35 bits per heavy atom. The first-order valence-corrected chi connectivity index (χ1v) is 8.14. The number of nitrogens with zero attached hydrogens (tertiary/aromatic N) is 1. The van der Waals surface area contributed by atoms with Crippen molar-refractivity contribution in [1.82, 2.24) is 5.32 Å². The van der Waals surface area contributed by atoms with Crippen molar-refractivity contribution in [3.63, 3.8) is 0 Å². The number of thiophene rings is 1. The van der Waals surface area contributed by atoms with E-state index >= 15 is 0 Å². The van der Waals surface area contributed by atoms with E-state index in [4.69, 9.17) is 11.6 Å². The summed E-state index contributed by atoms with van der Waals surface area (Å²) in [7, 11) is 2.14. The highest BCUT2D eigenvalue weighted by molar-refractivity contribution is 7.10. The lowest BCUT2D eigenvalue weighted by molar-refractivity contribution is 0.708. The van der Waals surface area contributed by atoms with E-state index in [9.17, 15) is 0 Å². The van der Waals surface area contributed by atoms with Gasteiger partial charge in [0.05, 0.1) is 6.04 Å². The molecule has 1 aromatic carbocycles. The van der Waals surface area contributed by atoms with E-state index in [1.54, 1.807) is 11.3 Å². The third kappa shape index (κ3) is 3.54. The average Bonchev–Trinajstić information content (AvgIpc) is 2.97. The lowest BCUT2D eigenvalue weighted by Gasteiger charge is -2.28. The second kappa shape index (κ2) is 7.11. The van der Waals surface area contributed by atoms with Gasteiger partial charge in [-0.15, -0.1) is 11.3 Å². The van der Waals surface area contributed by atoms with Gasteiger partial charge in [0.1, 0.15) is 0 Å². The summed E-state index contributed by atoms with van der Waals surface area (Å²) >= 11 is 7.93. The lowest BCUT2D eigenvalue weighted by atomic mass is 10.1. The standard InChI is InChI=1S/C16H21ClN2S/c1-4-18-11-13-10-14(17)7-8-15(13)19(3)12(2)16-6-5-9-20-16/h5-10,12,18H,4,11H2,1-3H3. The summed E-state index contributed by atoms with van der Waals surface area (Å²) in [6.45, 7) is 6.14.